The predicted octanol–water partition coefficient (Wildman–Crippen LogP) is 2.35. The van der Waals surface area contributed by atoms with E-state index in [0.717, 1.165) is 13.0 Å². The molecule has 0 spiro atoms. The van der Waals surface area contributed by atoms with E-state index in [1.807, 2.05) is 6.07 Å². The van der Waals surface area contributed by atoms with Crippen molar-refractivity contribution in [2.24, 2.45) is 0 Å². The van der Waals surface area contributed by atoms with Crippen LogP contribution in [0.4, 0.5) is 0 Å². The molecule has 0 saturated carbocycles. The number of hydrazine groups is 1. The molecule has 7 nitrogen and oxygen atoms in total. The van der Waals surface area contributed by atoms with Crippen LogP contribution in [0.15, 0.2) is 64.4 Å². The van der Waals surface area contributed by atoms with E-state index in [1.165, 1.54) is 4.57 Å². The van der Waals surface area contributed by atoms with Gasteiger partial charge in [0.2, 0.25) is 0 Å². The Morgan fingerprint density at radius 3 is 2.50 bits per heavy atom. The van der Waals surface area contributed by atoms with Crippen molar-refractivity contribution >= 4 is 33.4 Å². The maximum absolute atomic E-state index is 13.1. The van der Waals surface area contributed by atoms with Crippen molar-refractivity contribution in [1.82, 2.24) is 25.0 Å². The van der Waals surface area contributed by atoms with Gasteiger partial charge in [-0.15, -0.1) is 0 Å². The molecule has 1 saturated heterocycles. The third-order valence-corrected chi connectivity index (χ3v) is 5.35. The normalized spacial score (nSPS) is 16.8. The number of pyridine rings is 3. The van der Waals surface area contributed by atoms with Gasteiger partial charge >= 0.3 is 0 Å². The lowest BCUT2D eigenvalue weighted by atomic mass is 10.1. The van der Waals surface area contributed by atoms with Gasteiger partial charge in [0.05, 0.1) is 32.5 Å². The zero-order valence-electron chi connectivity index (χ0n) is 14.7. The number of aromatic nitrogens is 3. The molecule has 0 radical (unpaired) electrons. The SMILES string of the molecule is O=c1c2cc3c(=O)n(C4CCNN4)ccc3nc2ccn1-c1ccccc1Cl. The van der Waals surface area contributed by atoms with Crippen LogP contribution in [0.1, 0.15) is 12.6 Å². The van der Waals surface area contributed by atoms with Crippen LogP contribution in [-0.4, -0.2) is 20.7 Å². The molecule has 8 heteroatoms. The van der Waals surface area contributed by atoms with Crippen molar-refractivity contribution < 1.29 is 0 Å². The summed E-state index contributed by atoms with van der Waals surface area (Å²) in [7, 11) is 0. The number of nitrogens with zero attached hydrogens (tertiary/aromatic N) is 3. The van der Waals surface area contributed by atoms with E-state index in [0.29, 0.717) is 32.5 Å². The Morgan fingerprint density at radius 2 is 1.75 bits per heavy atom. The second-order valence-corrected chi connectivity index (χ2v) is 7.11. The van der Waals surface area contributed by atoms with E-state index >= 15 is 0 Å². The molecule has 140 valence electrons. The van der Waals surface area contributed by atoms with Crippen LogP contribution >= 0.6 is 11.6 Å². The Kier molecular flexibility index (Phi) is 4.01. The Labute approximate surface area is 164 Å². The number of fused-ring (bicyclic) bond motifs is 2. The van der Waals surface area contributed by atoms with E-state index < -0.39 is 0 Å². The van der Waals surface area contributed by atoms with Crippen LogP contribution in [0.5, 0.6) is 0 Å². The van der Waals surface area contributed by atoms with Gasteiger partial charge in [0, 0.05) is 18.9 Å². The molecule has 4 heterocycles. The molecule has 0 aliphatic carbocycles. The van der Waals surface area contributed by atoms with Crippen molar-refractivity contribution in [3.63, 3.8) is 0 Å². The lowest BCUT2D eigenvalue weighted by molar-refractivity contribution is 0.432. The average Bonchev–Trinajstić information content (AvgIpc) is 3.23. The number of hydrogen-bond donors (Lipinski definition) is 2. The van der Waals surface area contributed by atoms with Crippen LogP contribution in [0, 0.1) is 0 Å². The van der Waals surface area contributed by atoms with Crippen molar-refractivity contribution in [1.29, 1.82) is 0 Å². The first kappa shape index (κ1) is 17.1. The van der Waals surface area contributed by atoms with E-state index in [9.17, 15) is 9.59 Å². The highest BCUT2D eigenvalue weighted by atomic mass is 35.5. The molecule has 0 amide bonds. The second-order valence-electron chi connectivity index (χ2n) is 6.70. The molecule has 1 aromatic carbocycles. The highest BCUT2D eigenvalue weighted by molar-refractivity contribution is 6.32. The molecule has 1 fully saturated rings. The summed E-state index contributed by atoms with van der Waals surface area (Å²) >= 11 is 6.25. The van der Waals surface area contributed by atoms with Gasteiger partial charge in [-0.3, -0.25) is 24.1 Å². The van der Waals surface area contributed by atoms with Gasteiger partial charge in [-0.25, -0.2) is 10.4 Å². The summed E-state index contributed by atoms with van der Waals surface area (Å²) in [5.74, 6) is 0. The standard InChI is InChI=1S/C20H16ClN5O2/c21-14-3-1-2-4-17(14)25-9-6-15-12(19(25)27)11-13-16(23-15)7-10-26(20(13)28)18-5-8-22-24-18/h1-4,6-7,9-11,18,22,24H,5,8H2. The molecule has 1 unspecified atom stereocenters. The molecule has 5 rings (SSSR count). The fraction of sp³-hybridized carbons (Fsp3) is 0.150. The van der Waals surface area contributed by atoms with Crippen molar-refractivity contribution in [3.8, 4) is 5.69 Å². The summed E-state index contributed by atoms with van der Waals surface area (Å²) in [6, 6.07) is 12.3. The number of hydrogen-bond acceptors (Lipinski definition) is 5. The van der Waals surface area contributed by atoms with Crippen LogP contribution in [-0.2, 0) is 0 Å². The molecule has 3 aromatic heterocycles. The molecule has 1 atom stereocenters. The van der Waals surface area contributed by atoms with Gasteiger partial charge in [-0.05, 0) is 36.8 Å². The summed E-state index contributed by atoms with van der Waals surface area (Å²) in [6.45, 7) is 0.785. The smallest absolute Gasteiger partial charge is 0.264 e. The largest absolute Gasteiger partial charge is 0.298 e. The van der Waals surface area contributed by atoms with Gasteiger partial charge in [-0.2, -0.15) is 0 Å². The lowest BCUT2D eigenvalue weighted by Crippen LogP contribution is -2.34. The Balaban J connectivity index is 1.77. The Hall–Kier alpha value is -3.00. The molecule has 1 aliphatic rings. The van der Waals surface area contributed by atoms with E-state index in [1.54, 1.807) is 53.4 Å². The monoisotopic (exact) mass is 393 g/mol. The minimum absolute atomic E-state index is 0.122. The summed E-state index contributed by atoms with van der Waals surface area (Å²) in [6.07, 6.45) is 4.06. The van der Waals surface area contributed by atoms with Crippen molar-refractivity contribution in [2.75, 3.05) is 6.54 Å². The fourth-order valence-corrected chi connectivity index (χ4v) is 3.83. The first-order valence-corrected chi connectivity index (χ1v) is 9.32. The van der Waals surface area contributed by atoms with Gasteiger partial charge in [-0.1, -0.05) is 23.7 Å². The van der Waals surface area contributed by atoms with E-state index in [-0.39, 0.29) is 17.3 Å². The zero-order valence-corrected chi connectivity index (χ0v) is 15.5. The summed E-state index contributed by atoms with van der Waals surface area (Å²) in [5, 5.41) is 1.26. The van der Waals surface area contributed by atoms with E-state index in [4.69, 9.17) is 11.6 Å². The molecular weight excluding hydrogens is 378 g/mol. The van der Waals surface area contributed by atoms with Gasteiger partial charge in [0.1, 0.15) is 6.17 Å². The molecule has 28 heavy (non-hydrogen) atoms. The number of nitrogens with one attached hydrogen (secondary N) is 2. The quantitative estimate of drug-likeness (QED) is 0.511. The summed E-state index contributed by atoms with van der Waals surface area (Å²) in [4.78, 5) is 30.6. The number of rotatable bonds is 2. The number of halogens is 1. The minimum atomic E-state index is -0.268. The average molecular weight is 394 g/mol. The third-order valence-electron chi connectivity index (χ3n) is 5.03. The van der Waals surface area contributed by atoms with Crippen LogP contribution in [0.3, 0.4) is 0 Å². The second kappa shape index (κ2) is 6.56. The number of benzene rings is 1. The first-order valence-electron chi connectivity index (χ1n) is 8.94. The van der Waals surface area contributed by atoms with Gasteiger partial charge < -0.3 is 0 Å². The van der Waals surface area contributed by atoms with Crippen molar-refractivity contribution in [3.05, 3.63) is 80.6 Å². The van der Waals surface area contributed by atoms with Gasteiger partial charge in [0.25, 0.3) is 11.1 Å². The predicted molar refractivity (Wildman–Crippen MR) is 109 cm³/mol. The van der Waals surface area contributed by atoms with Crippen LogP contribution in [0.2, 0.25) is 5.02 Å². The molecule has 2 N–H and O–H groups in total. The molecular formula is C20H16ClN5O2. The minimum Gasteiger partial charge on any atom is -0.298 e. The van der Waals surface area contributed by atoms with Gasteiger partial charge in [0.15, 0.2) is 0 Å². The highest BCUT2D eigenvalue weighted by Gasteiger charge is 2.18. The molecule has 1 aliphatic heterocycles. The fourth-order valence-electron chi connectivity index (χ4n) is 3.60. The topological polar surface area (TPSA) is 81.0 Å². The third kappa shape index (κ3) is 2.63. The highest BCUT2D eigenvalue weighted by Crippen LogP contribution is 2.21. The van der Waals surface area contributed by atoms with Crippen molar-refractivity contribution in [2.45, 2.75) is 12.6 Å². The maximum atomic E-state index is 13.1. The maximum Gasteiger partial charge on any atom is 0.264 e. The van der Waals surface area contributed by atoms with E-state index in [2.05, 4.69) is 15.8 Å². The lowest BCUT2D eigenvalue weighted by Gasteiger charge is -2.14. The Morgan fingerprint density at radius 1 is 1.00 bits per heavy atom. The van der Waals surface area contributed by atoms with Crippen LogP contribution in [0.25, 0.3) is 27.5 Å². The summed E-state index contributed by atoms with van der Waals surface area (Å²) < 4.78 is 3.10. The zero-order chi connectivity index (χ0) is 19.3. The Bertz CT molecular complexity index is 1340. The molecule has 0 bridgehead atoms. The molecule has 4 aromatic rings. The number of para-hydroxylation sites is 1. The first-order chi connectivity index (χ1) is 13.6. The summed E-state index contributed by atoms with van der Waals surface area (Å²) in [5.41, 5.74) is 7.34. The van der Waals surface area contributed by atoms with Crippen LogP contribution < -0.4 is 22.0 Å².